The Morgan fingerprint density at radius 3 is 3.00 bits per heavy atom. The Kier molecular flexibility index (Phi) is 3.38. The number of aromatic amines is 1. The third-order valence-electron chi connectivity index (χ3n) is 3.89. The van der Waals surface area contributed by atoms with Gasteiger partial charge in [-0.25, -0.2) is 4.98 Å². The summed E-state index contributed by atoms with van der Waals surface area (Å²) in [4.78, 5) is 10.0. The number of nitrogens with zero attached hydrogens (tertiary/aromatic N) is 3. The lowest BCUT2D eigenvalue weighted by Gasteiger charge is -2.34. The number of likely N-dealkylation sites (tertiary alicyclic amines) is 1. The van der Waals surface area contributed by atoms with Gasteiger partial charge in [0.2, 0.25) is 0 Å². The average molecular weight is 260 g/mol. The number of piperidine rings is 1. The van der Waals surface area contributed by atoms with Crippen LogP contribution in [0.1, 0.15) is 48.1 Å². The van der Waals surface area contributed by atoms with E-state index >= 15 is 0 Å². The summed E-state index contributed by atoms with van der Waals surface area (Å²) in [7, 11) is 0. The van der Waals surface area contributed by atoms with Gasteiger partial charge in [-0.2, -0.15) is 0 Å². The number of rotatable bonds is 3. The van der Waals surface area contributed by atoms with Crippen LogP contribution in [0.15, 0.2) is 16.9 Å². The minimum absolute atomic E-state index is 0.363. The molecule has 1 aliphatic heterocycles. The number of hydrogen-bond acceptors (Lipinski definition) is 4. The van der Waals surface area contributed by atoms with E-state index in [0.717, 1.165) is 42.4 Å². The molecule has 5 nitrogen and oxygen atoms in total. The van der Waals surface area contributed by atoms with E-state index < -0.39 is 0 Å². The van der Waals surface area contributed by atoms with E-state index in [9.17, 15) is 0 Å². The van der Waals surface area contributed by atoms with Gasteiger partial charge < -0.3 is 9.51 Å². The van der Waals surface area contributed by atoms with Crippen LogP contribution in [0.25, 0.3) is 0 Å². The van der Waals surface area contributed by atoms with Crippen LogP contribution < -0.4 is 0 Å². The Morgan fingerprint density at radius 1 is 1.42 bits per heavy atom. The molecule has 0 aliphatic carbocycles. The fourth-order valence-corrected chi connectivity index (χ4v) is 2.80. The topological polar surface area (TPSA) is 58.0 Å². The van der Waals surface area contributed by atoms with Crippen LogP contribution in [-0.2, 0) is 6.54 Å². The smallest absolute Gasteiger partial charge is 0.133 e. The fraction of sp³-hybridized carbons (Fsp3) is 0.571. The summed E-state index contributed by atoms with van der Waals surface area (Å²) >= 11 is 0. The Labute approximate surface area is 113 Å². The van der Waals surface area contributed by atoms with E-state index in [4.69, 9.17) is 4.52 Å². The third kappa shape index (κ3) is 2.56. The van der Waals surface area contributed by atoms with Gasteiger partial charge in [-0.1, -0.05) is 11.6 Å². The zero-order valence-corrected chi connectivity index (χ0v) is 11.5. The molecule has 0 aromatic carbocycles. The zero-order valence-electron chi connectivity index (χ0n) is 11.5. The highest BCUT2D eigenvalue weighted by molar-refractivity contribution is 5.13. The van der Waals surface area contributed by atoms with Crippen molar-refractivity contribution in [1.29, 1.82) is 0 Å². The van der Waals surface area contributed by atoms with Gasteiger partial charge in [0.25, 0.3) is 0 Å². The van der Waals surface area contributed by atoms with E-state index in [-0.39, 0.29) is 0 Å². The van der Waals surface area contributed by atoms with Crippen LogP contribution >= 0.6 is 0 Å². The molecule has 1 N–H and O–H groups in total. The summed E-state index contributed by atoms with van der Waals surface area (Å²) in [5.41, 5.74) is 3.35. The lowest BCUT2D eigenvalue weighted by molar-refractivity contribution is 0.132. The van der Waals surface area contributed by atoms with Gasteiger partial charge in [0.05, 0.1) is 18.1 Å². The molecule has 19 heavy (non-hydrogen) atoms. The van der Waals surface area contributed by atoms with Gasteiger partial charge >= 0.3 is 0 Å². The number of aryl methyl sites for hydroxylation is 2. The molecule has 3 rings (SSSR count). The van der Waals surface area contributed by atoms with Gasteiger partial charge in [0.15, 0.2) is 0 Å². The number of H-pyrrole nitrogens is 1. The second-order valence-corrected chi connectivity index (χ2v) is 5.32. The first-order chi connectivity index (χ1) is 9.24. The van der Waals surface area contributed by atoms with Crippen LogP contribution in [0.2, 0.25) is 0 Å². The Hall–Kier alpha value is -1.62. The van der Waals surface area contributed by atoms with Gasteiger partial charge in [0.1, 0.15) is 11.5 Å². The van der Waals surface area contributed by atoms with Crippen molar-refractivity contribution in [2.75, 3.05) is 6.54 Å². The molecule has 0 unspecified atom stereocenters. The van der Waals surface area contributed by atoms with Crippen molar-refractivity contribution >= 4 is 0 Å². The van der Waals surface area contributed by atoms with Crippen LogP contribution in [0.5, 0.6) is 0 Å². The quantitative estimate of drug-likeness (QED) is 0.922. The first kappa shape index (κ1) is 12.4. The molecular weight excluding hydrogens is 240 g/mol. The van der Waals surface area contributed by atoms with Crippen LogP contribution in [0.4, 0.5) is 0 Å². The molecule has 3 heterocycles. The summed E-state index contributed by atoms with van der Waals surface area (Å²) < 4.78 is 5.23. The highest BCUT2D eigenvalue weighted by atomic mass is 16.5. The van der Waals surface area contributed by atoms with Crippen molar-refractivity contribution in [2.24, 2.45) is 0 Å². The molecule has 0 radical (unpaired) electrons. The summed E-state index contributed by atoms with van der Waals surface area (Å²) in [5, 5.41) is 4.20. The molecule has 1 aliphatic rings. The molecule has 1 saturated heterocycles. The van der Waals surface area contributed by atoms with Gasteiger partial charge in [0, 0.05) is 18.3 Å². The largest absolute Gasteiger partial charge is 0.361 e. The van der Waals surface area contributed by atoms with Crippen LogP contribution in [0.3, 0.4) is 0 Å². The summed E-state index contributed by atoms with van der Waals surface area (Å²) in [6, 6.07) is 2.42. The van der Waals surface area contributed by atoms with Gasteiger partial charge in [-0.15, -0.1) is 0 Å². The molecule has 1 fully saturated rings. The molecule has 2 aromatic rings. The van der Waals surface area contributed by atoms with E-state index in [1.807, 2.05) is 6.92 Å². The second kappa shape index (κ2) is 5.17. The lowest BCUT2D eigenvalue weighted by Crippen LogP contribution is -2.33. The molecule has 1 atom stereocenters. The molecule has 0 spiro atoms. The van der Waals surface area contributed by atoms with Crippen LogP contribution in [-0.4, -0.2) is 26.6 Å². The van der Waals surface area contributed by atoms with Crippen molar-refractivity contribution in [3.8, 4) is 0 Å². The van der Waals surface area contributed by atoms with E-state index in [2.05, 4.69) is 33.0 Å². The van der Waals surface area contributed by atoms with Gasteiger partial charge in [-0.3, -0.25) is 4.90 Å². The molecule has 2 aromatic heterocycles. The Bertz CT molecular complexity index is 545. The average Bonchev–Trinajstić information content (AvgIpc) is 3.00. The maximum absolute atomic E-state index is 5.23. The molecule has 102 valence electrons. The highest BCUT2D eigenvalue weighted by Gasteiger charge is 2.27. The number of hydrogen-bond donors (Lipinski definition) is 1. The van der Waals surface area contributed by atoms with Crippen molar-refractivity contribution in [1.82, 2.24) is 20.0 Å². The molecule has 0 saturated carbocycles. The molecular formula is C14H20N4O. The Balaban J connectivity index is 1.79. The summed E-state index contributed by atoms with van der Waals surface area (Å²) in [6.45, 7) is 6.00. The van der Waals surface area contributed by atoms with E-state index in [1.54, 1.807) is 6.33 Å². The van der Waals surface area contributed by atoms with Crippen molar-refractivity contribution in [3.63, 3.8) is 0 Å². The normalized spacial score (nSPS) is 20.8. The predicted octanol–water partition coefficient (Wildman–Crippen LogP) is 2.74. The van der Waals surface area contributed by atoms with Crippen molar-refractivity contribution in [2.45, 2.75) is 45.7 Å². The van der Waals surface area contributed by atoms with Crippen molar-refractivity contribution < 1.29 is 4.52 Å². The maximum Gasteiger partial charge on any atom is 0.133 e. The minimum Gasteiger partial charge on any atom is -0.361 e. The van der Waals surface area contributed by atoms with Gasteiger partial charge in [-0.05, 0) is 33.2 Å². The molecule has 0 amide bonds. The number of imidazole rings is 1. The summed E-state index contributed by atoms with van der Waals surface area (Å²) in [6.07, 6.45) is 5.42. The number of aromatic nitrogens is 3. The third-order valence-corrected chi connectivity index (χ3v) is 3.89. The Morgan fingerprint density at radius 2 is 2.32 bits per heavy atom. The highest BCUT2D eigenvalue weighted by Crippen LogP contribution is 2.31. The molecule has 0 bridgehead atoms. The van der Waals surface area contributed by atoms with Crippen LogP contribution in [0, 0.1) is 13.8 Å². The summed E-state index contributed by atoms with van der Waals surface area (Å²) in [5.74, 6) is 0.886. The SMILES string of the molecule is Cc1cc([C@@H]2CCCCN2Cc2nc[nH]c2C)no1. The second-order valence-electron chi connectivity index (χ2n) is 5.32. The molecule has 5 heteroatoms. The maximum atomic E-state index is 5.23. The zero-order chi connectivity index (χ0) is 13.2. The first-order valence-corrected chi connectivity index (χ1v) is 6.90. The van der Waals surface area contributed by atoms with E-state index in [1.165, 1.54) is 12.8 Å². The predicted molar refractivity (Wildman–Crippen MR) is 71.6 cm³/mol. The minimum atomic E-state index is 0.363. The first-order valence-electron chi connectivity index (χ1n) is 6.90. The monoisotopic (exact) mass is 260 g/mol. The van der Waals surface area contributed by atoms with Crippen molar-refractivity contribution in [3.05, 3.63) is 35.2 Å². The fourth-order valence-electron chi connectivity index (χ4n) is 2.80. The number of nitrogens with one attached hydrogen (secondary N) is 1. The van der Waals surface area contributed by atoms with E-state index in [0.29, 0.717) is 6.04 Å². The lowest BCUT2D eigenvalue weighted by atomic mass is 9.99. The standard InChI is InChI=1S/C14H20N4O/c1-10-7-12(17-19-10)14-5-3-4-6-18(14)8-13-11(2)15-9-16-13/h7,9,14H,3-6,8H2,1-2H3,(H,15,16)/t14-/m0/s1.